The Balaban J connectivity index is 0.000000614. The summed E-state index contributed by atoms with van der Waals surface area (Å²) in [5.74, 6) is 0.114. The Kier molecular flexibility index (Phi) is 7.30. The Morgan fingerprint density at radius 3 is 2.48 bits per heavy atom. The molecule has 6 nitrogen and oxygen atoms in total. The molecule has 1 aromatic carbocycles. The Hall–Kier alpha value is -2.47. The van der Waals surface area contributed by atoms with Crippen LogP contribution in [0.5, 0.6) is 0 Å². The van der Waals surface area contributed by atoms with E-state index in [0.717, 1.165) is 30.2 Å². The first kappa shape index (κ1) is 20.8. The highest BCUT2D eigenvalue weighted by molar-refractivity contribution is 6.00. The number of amides is 2. The number of imide groups is 1. The van der Waals surface area contributed by atoms with Crippen LogP contribution in [0.4, 0.5) is 0 Å². The van der Waals surface area contributed by atoms with Crippen LogP contribution in [-0.4, -0.2) is 21.4 Å². The van der Waals surface area contributed by atoms with E-state index in [0.29, 0.717) is 12.8 Å². The van der Waals surface area contributed by atoms with Gasteiger partial charge < -0.3 is 9.88 Å². The molecule has 1 atom stereocenters. The molecule has 0 saturated carbocycles. The molecule has 0 aliphatic carbocycles. The van der Waals surface area contributed by atoms with Crippen molar-refractivity contribution in [3.63, 3.8) is 0 Å². The van der Waals surface area contributed by atoms with Crippen molar-refractivity contribution < 1.29 is 9.59 Å². The molecule has 2 aliphatic heterocycles. The van der Waals surface area contributed by atoms with Gasteiger partial charge in [-0.15, -0.1) is 0 Å². The standard InChI is InChI=1S/C17H18N4O2.2C2H6/c1-21-14(13-4-5-15(22)20-17(13)23)9-19-16(21)10-2-3-11-7-18-8-12(11)6-10;2*1-2/h2-3,6,9,13,18H,4-5,7-8H2,1H3,(H,20,22,23);2*1-2H3. The number of hydrogen-bond donors (Lipinski definition) is 2. The molecule has 1 saturated heterocycles. The van der Waals surface area contributed by atoms with Gasteiger partial charge in [0.2, 0.25) is 11.8 Å². The molecule has 0 spiro atoms. The molecular weight excluding hydrogens is 340 g/mol. The average Bonchev–Trinajstić information content (AvgIpc) is 3.31. The van der Waals surface area contributed by atoms with E-state index in [-0.39, 0.29) is 17.7 Å². The van der Waals surface area contributed by atoms with E-state index in [2.05, 4.69) is 33.8 Å². The first-order valence-electron chi connectivity index (χ1n) is 9.81. The maximum absolute atomic E-state index is 12.1. The molecule has 0 radical (unpaired) electrons. The van der Waals surface area contributed by atoms with Crippen LogP contribution < -0.4 is 10.6 Å². The summed E-state index contributed by atoms with van der Waals surface area (Å²) in [5.41, 5.74) is 4.53. The fourth-order valence-electron chi connectivity index (χ4n) is 3.42. The third-order valence-electron chi connectivity index (χ3n) is 4.72. The summed E-state index contributed by atoms with van der Waals surface area (Å²) in [6.07, 6.45) is 2.67. The minimum Gasteiger partial charge on any atom is -0.330 e. The fourth-order valence-corrected chi connectivity index (χ4v) is 3.42. The zero-order valence-corrected chi connectivity index (χ0v) is 16.9. The zero-order chi connectivity index (χ0) is 20.0. The Labute approximate surface area is 161 Å². The van der Waals surface area contributed by atoms with Gasteiger partial charge in [-0.25, -0.2) is 4.98 Å². The van der Waals surface area contributed by atoms with E-state index in [9.17, 15) is 9.59 Å². The van der Waals surface area contributed by atoms with Gasteiger partial charge in [0.05, 0.1) is 5.92 Å². The number of benzene rings is 1. The van der Waals surface area contributed by atoms with Crippen LogP contribution in [0.3, 0.4) is 0 Å². The first-order chi connectivity index (χ1) is 13.1. The lowest BCUT2D eigenvalue weighted by Gasteiger charge is -2.21. The molecule has 0 bridgehead atoms. The van der Waals surface area contributed by atoms with Crippen molar-refractivity contribution in [3.8, 4) is 11.4 Å². The molecule has 2 amide bonds. The lowest BCUT2D eigenvalue weighted by Crippen LogP contribution is -2.40. The average molecular weight is 370 g/mol. The number of carbonyl (C=O) groups is 2. The molecule has 27 heavy (non-hydrogen) atoms. The Morgan fingerprint density at radius 2 is 1.78 bits per heavy atom. The number of imidazole rings is 1. The smallest absolute Gasteiger partial charge is 0.235 e. The van der Waals surface area contributed by atoms with E-state index in [1.807, 2.05) is 39.3 Å². The number of carbonyl (C=O) groups excluding carboxylic acids is 2. The van der Waals surface area contributed by atoms with Gasteiger partial charge >= 0.3 is 0 Å². The summed E-state index contributed by atoms with van der Waals surface area (Å²) >= 11 is 0. The molecule has 1 unspecified atom stereocenters. The van der Waals surface area contributed by atoms with Crippen LogP contribution in [0.1, 0.15) is 63.3 Å². The summed E-state index contributed by atoms with van der Waals surface area (Å²) in [6.45, 7) is 9.80. The van der Waals surface area contributed by atoms with E-state index in [1.165, 1.54) is 11.1 Å². The van der Waals surface area contributed by atoms with Crippen molar-refractivity contribution in [2.75, 3.05) is 0 Å². The summed E-state index contributed by atoms with van der Waals surface area (Å²) in [4.78, 5) is 27.9. The largest absolute Gasteiger partial charge is 0.330 e. The highest BCUT2D eigenvalue weighted by atomic mass is 16.2. The molecular formula is C21H30N4O2. The minimum atomic E-state index is -0.310. The lowest BCUT2D eigenvalue weighted by atomic mass is 9.95. The number of rotatable bonds is 2. The predicted molar refractivity (Wildman–Crippen MR) is 107 cm³/mol. The molecule has 1 fully saturated rings. The SMILES string of the molecule is CC.CC.Cn1c(C2CCC(=O)NC2=O)cnc1-c1ccc2c(c1)CNC2. The monoisotopic (exact) mass is 370 g/mol. The second kappa shape index (κ2) is 9.46. The number of hydrogen-bond acceptors (Lipinski definition) is 4. The molecule has 2 N–H and O–H groups in total. The number of nitrogens with zero attached hydrogens (tertiary/aromatic N) is 2. The van der Waals surface area contributed by atoms with E-state index < -0.39 is 0 Å². The van der Waals surface area contributed by atoms with Gasteiger partial charge in [0.15, 0.2) is 0 Å². The fraction of sp³-hybridized carbons (Fsp3) is 0.476. The molecule has 2 aliphatic rings. The third kappa shape index (κ3) is 4.27. The minimum absolute atomic E-state index is 0.195. The summed E-state index contributed by atoms with van der Waals surface area (Å²) in [7, 11) is 1.92. The topological polar surface area (TPSA) is 76.0 Å². The van der Waals surface area contributed by atoms with Crippen molar-refractivity contribution in [2.24, 2.45) is 7.05 Å². The van der Waals surface area contributed by atoms with Gasteiger partial charge in [-0.05, 0) is 23.6 Å². The van der Waals surface area contributed by atoms with Crippen LogP contribution in [0.25, 0.3) is 11.4 Å². The van der Waals surface area contributed by atoms with Gasteiger partial charge in [-0.2, -0.15) is 0 Å². The summed E-state index contributed by atoms with van der Waals surface area (Å²) in [6, 6.07) is 6.36. The quantitative estimate of drug-likeness (QED) is 0.796. The van der Waals surface area contributed by atoms with Crippen molar-refractivity contribution in [3.05, 3.63) is 41.2 Å². The van der Waals surface area contributed by atoms with E-state index in [1.54, 1.807) is 6.20 Å². The molecule has 6 heteroatoms. The lowest BCUT2D eigenvalue weighted by molar-refractivity contribution is -0.134. The Morgan fingerprint density at radius 1 is 1.07 bits per heavy atom. The van der Waals surface area contributed by atoms with Crippen LogP contribution in [0.15, 0.2) is 24.4 Å². The number of fused-ring (bicyclic) bond motifs is 1. The molecule has 1 aromatic heterocycles. The summed E-state index contributed by atoms with van der Waals surface area (Å²) in [5, 5.41) is 5.75. The molecule has 4 rings (SSSR count). The highest BCUT2D eigenvalue weighted by Gasteiger charge is 2.30. The maximum Gasteiger partial charge on any atom is 0.235 e. The van der Waals surface area contributed by atoms with Gasteiger partial charge in [0, 0.05) is 44.0 Å². The second-order valence-electron chi connectivity index (χ2n) is 6.16. The summed E-state index contributed by atoms with van der Waals surface area (Å²) < 4.78 is 1.96. The first-order valence-corrected chi connectivity index (χ1v) is 9.81. The van der Waals surface area contributed by atoms with Crippen molar-refractivity contribution in [2.45, 2.75) is 59.5 Å². The maximum atomic E-state index is 12.1. The van der Waals surface area contributed by atoms with Crippen LogP contribution in [-0.2, 0) is 29.7 Å². The van der Waals surface area contributed by atoms with Gasteiger partial charge in [-0.3, -0.25) is 14.9 Å². The molecule has 3 heterocycles. The highest BCUT2D eigenvalue weighted by Crippen LogP contribution is 2.29. The van der Waals surface area contributed by atoms with E-state index in [4.69, 9.17) is 0 Å². The predicted octanol–water partition coefficient (Wildman–Crippen LogP) is 3.26. The molecule has 2 aromatic rings. The third-order valence-corrected chi connectivity index (χ3v) is 4.72. The van der Waals surface area contributed by atoms with Crippen molar-refractivity contribution in [1.82, 2.24) is 20.2 Å². The van der Waals surface area contributed by atoms with Crippen LogP contribution in [0, 0.1) is 0 Å². The van der Waals surface area contributed by atoms with Crippen molar-refractivity contribution >= 4 is 11.8 Å². The van der Waals surface area contributed by atoms with Gasteiger partial charge in [-0.1, -0.05) is 39.8 Å². The van der Waals surface area contributed by atoms with Gasteiger partial charge in [0.1, 0.15) is 5.82 Å². The number of nitrogens with one attached hydrogen (secondary N) is 2. The van der Waals surface area contributed by atoms with Crippen LogP contribution >= 0.6 is 0 Å². The van der Waals surface area contributed by atoms with Crippen LogP contribution in [0.2, 0.25) is 0 Å². The van der Waals surface area contributed by atoms with E-state index >= 15 is 0 Å². The second-order valence-corrected chi connectivity index (χ2v) is 6.16. The normalized spacial score (nSPS) is 17.9. The van der Waals surface area contributed by atoms with Gasteiger partial charge in [0.25, 0.3) is 0 Å². The van der Waals surface area contributed by atoms with Crippen molar-refractivity contribution in [1.29, 1.82) is 0 Å². The zero-order valence-electron chi connectivity index (χ0n) is 16.9. The number of aromatic nitrogens is 2. The Bertz CT molecular complexity index is 811. The number of piperidine rings is 1. The molecule has 146 valence electrons.